The van der Waals surface area contributed by atoms with Crippen LogP contribution >= 0.6 is 0 Å². The van der Waals surface area contributed by atoms with Crippen molar-refractivity contribution in [2.75, 3.05) is 19.0 Å². The van der Waals surface area contributed by atoms with Crippen molar-refractivity contribution in [3.05, 3.63) is 52.3 Å². The van der Waals surface area contributed by atoms with Crippen LogP contribution in [0.2, 0.25) is 0 Å². The third-order valence-electron chi connectivity index (χ3n) is 4.15. The predicted molar refractivity (Wildman–Crippen MR) is 103 cm³/mol. The van der Waals surface area contributed by atoms with Crippen molar-refractivity contribution in [1.29, 1.82) is 0 Å². The number of unbranched alkanes of at least 4 members (excludes halogenated alkanes) is 1. The summed E-state index contributed by atoms with van der Waals surface area (Å²) in [6.07, 6.45) is 5.01. The summed E-state index contributed by atoms with van der Waals surface area (Å²) in [5, 5.41) is 4.05. The minimum atomic E-state index is -0.271. The minimum absolute atomic E-state index is 0.271. The quantitative estimate of drug-likeness (QED) is 0.609. The van der Waals surface area contributed by atoms with Gasteiger partial charge in [0.05, 0.1) is 23.9 Å². The van der Waals surface area contributed by atoms with E-state index in [1.807, 2.05) is 13.0 Å². The van der Waals surface area contributed by atoms with Crippen LogP contribution in [0.3, 0.4) is 0 Å². The molecule has 1 N–H and O–H groups in total. The first-order valence-corrected chi connectivity index (χ1v) is 8.87. The molecule has 3 aromatic rings. The molecule has 0 bridgehead atoms. The highest BCUT2D eigenvalue weighted by atomic mass is 16.7. The van der Waals surface area contributed by atoms with E-state index in [0.29, 0.717) is 30.4 Å². The van der Waals surface area contributed by atoms with Gasteiger partial charge >= 0.3 is 0 Å². The summed E-state index contributed by atoms with van der Waals surface area (Å²) < 4.78 is 6.32. The highest BCUT2D eigenvalue weighted by Gasteiger charge is 2.14. The van der Waals surface area contributed by atoms with Gasteiger partial charge in [0.2, 0.25) is 5.88 Å². The van der Waals surface area contributed by atoms with Gasteiger partial charge < -0.3 is 14.9 Å². The van der Waals surface area contributed by atoms with Crippen molar-refractivity contribution in [3.63, 3.8) is 0 Å². The van der Waals surface area contributed by atoms with Gasteiger partial charge in [-0.25, -0.2) is 15.0 Å². The largest absolute Gasteiger partial charge is 0.481 e. The summed E-state index contributed by atoms with van der Waals surface area (Å²) in [4.78, 5) is 30.9. The van der Waals surface area contributed by atoms with E-state index in [-0.39, 0.29) is 5.56 Å². The van der Waals surface area contributed by atoms with Crippen molar-refractivity contribution >= 4 is 16.7 Å². The molecule has 0 saturated heterocycles. The van der Waals surface area contributed by atoms with Gasteiger partial charge in [-0.15, -0.1) is 4.73 Å². The van der Waals surface area contributed by atoms with Crippen LogP contribution in [-0.4, -0.2) is 33.4 Å². The Morgan fingerprint density at radius 2 is 2.07 bits per heavy atom. The van der Waals surface area contributed by atoms with E-state index in [4.69, 9.17) is 9.57 Å². The van der Waals surface area contributed by atoms with Crippen molar-refractivity contribution in [3.8, 4) is 5.88 Å². The number of pyridine rings is 2. The second-order valence-electron chi connectivity index (χ2n) is 6.10. The number of nitrogens with zero attached hydrogens (tertiary/aromatic N) is 4. The molecule has 3 heterocycles. The summed E-state index contributed by atoms with van der Waals surface area (Å²) in [5.41, 5.74) is 2.58. The minimum Gasteiger partial charge on any atom is -0.481 e. The molecule has 0 amide bonds. The summed E-state index contributed by atoms with van der Waals surface area (Å²) in [6.45, 7) is 4.90. The molecule has 0 radical (unpaired) electrons. The van der Waals surface area contributed by atoms with Crippen LogP contribution in [0.5, 0.6) is 5.88 Å². The van der Waals surface area contributed by atoms with Gasteiger partial charge in [0, 0.05) is 24.9 Å². The van der Waals surface area contributed by atoms with E-state index >= 15 is 0 Å². The van der Waals surface area contributed by atoms with E-state index in [0.717, 1.165) is 29.5 Å². The zero-order chi connectivity index (χ0) is 19.2. The van der Waals surface area contributed by atoms with E-state index in [1.54, 1.807) is 19.4 Å². The number of aryl methyl sites for hydroxylation is 1. The monoisotopic (exact) mass is 369 g/mol. The molecule has 0 aliphatic carbocycles. The van der Waals surface area contributed by atoms with Crippen molar-refractivity contribution in [2.24, 2.45) is 0 Å². The van der Waals surface area contributed by atoms with E-state index in [9.17, 15) is 4.79 Å². The van der Waals surface area contributed by atoms with Gasteiger partial charge in [-0.2, -0.15) is 0 Å². The smallest absolute Gasteiger partial charge is 0.287 e. The van der Waals surface area contributed by atoms with Gasteiger partial charge in [-0.05, 0) is 18.9 Å². The Balaban J connectivity index is 1.92. The molecule has 0 saturated carbocycles. The van der Waals surface area contributed by atoms with Gasteiger partial charge in [0.25, 0.3) is 5.56 Å². The summed E-state index contributed by atoms with van der Waals surface area (Å²) in [7, 11) is 1.58. The molecule has 0 unspecified atom stereocenters. The van der Waals surface area contributed by atoms with Gasteiger partial charge in [0.1, 0.15) is 12.9 Å². The third kappa shape index (κ3) is 4.16. The summed E-state index contributed by atoms with van der Waals surface area (Å²) >= 11 is 0. The molecule has 27 heavy (non-hydrogen) atoms. The zero-order valence-electron chi connectivity index (χ0n) is 15.7. The van der Waals surface area contributed by atoms with Crippen LogP contribution in [-0.2, 0) is 6.54 Å². The molecule has 0 aliphatic rings. The molecule has 3 rings (SSSR count). The average Bonchev–Trinajstić information content (AvgIpc) is 2.68. The Morgan fingerprint density at radius 3 is 2.78 bits per heavy atom. The molecule has 8 nitrogen and oxygen atoms in total. The van der Waals surface area contributed by atoms with Crippen LogP contribution in [0.25, 0.3) is 11.0 Å². The number of fused-ring (bicyclic) bond motifs is 1. The highest BCUT2D eigenvalue weighted by Crippen LogP contribution is 2.22. The number of hydrogen-bond acceptors (Lipinski definition) is 7. The topological polar surface area (TPSA) is 91.2 Å². The second kappa shape index (κ2) is 8.48. The first-order chi connectivity index (χ1) is 13.1. The number of ether oxygens (including phenoxy) is 1. The average molecular weight is 369 g/mol. The number of methoxy groups -OCH3 is 1. The zero-order valence-corrected chi connectivity index (χ0v) is 15.7. The Hall–Kier alpha value is -3.16. The third-order valence-corrected chi connectivity index (χ3v) is 4.15. The first-order valence-electron chi connectivity index (χ1n) is 8.87. The maximum Gasteiger partial charge on any atom is 0.287 e. The van der Waals surface area contributed by atoms with Crippen molar-refractivity contribution < 1.29 is 9.57 Å². The number of rotatable bonds is 8. The molecule has 0 spiro atoms. The fraction of sp³-hybridized carbons (Fsp3) is 0.368. The second-order valence-corrected chi connectivity index (χ2v) is 6.10. The molecule has 142 valence electrons. The number of nitrogens with one attached hydrogen (secondary N) is 1. The molecule has 8 heteroatoms. The first kappa shape index (κ1) is 18.6. The van der Waals surface area contributed by atoms with Gasteiger partial charge in [0.15, 0.2) is 5.65 Å². The Kier molecular flexibility index (Phi) is 5.85. The molecule has 3 aromatic heterocycles. The molecule has 0 aliphatic heterocycles. The Bertz CT molecular complexity index is 969. The fourth-order valence-electron chi connectivity index (χ4n) is 2.69. The highest BCUT2D eigenvalue weighted by molar-refractivity contribution is 5.90. The van der Waals surface area contributed by atoms with Crippen LogP contribution in [0.15, 0.2) is 35.5 Å². The maximum absolute atomic E-state index is 12.6. The SMILES string of the molecule is CCCCOn1c(=O)cc(NCc2ccc(OC)nc2)c2c(C)ncnc21. The standard InChI is InChI=1S/C19H23N5O3/c1-4-5-8-27-24-17(25)9-15(18-13(2)22-12-23-19(18)24)20-10-14-6-7-16(26-3)21-11-14/h6-7,9,11-12,20H,4-5,8,10H2,1-3H3. The lowest BCUT2D eigenvalue weighted by Gasteiger charge is -2.15. The van der Waals surface area contributed by atoms with Crippen LogP contribution in [0, 0.1) is 6.92 Å². The van der Waals surface area contributed by atoms with Gasteiger partial charge in [-0.1, -0.05) is 19.4 Å². The molecule has 0 atom stereocenters. The lowest BCUT2D eigenvalue weighted by atomic mass is 10.2. The van der Waals surface area contributed by atoms with E-state index in [2.05, 4.69) is 27.2 Å². The summed E-state index contributed by atoms with van der Waals surface area (Å²) in [5.74, 6) is 0.556. The van der Waals surface area contributed by atoms with Crippen molar-refractivity contribution in [2.45, 2.75) is 33.2 Å². The Labute approximate surface area is 157 Å². The maximum atomic E-state index is 12.6. The van der Waals surface area contributed by atoms with E-state index < -0.39 is 0 Å². The van der Waals surface area contributed by atoms with Gasteiger partial charge in [-0.3, -0.25) is 4.79 Å². The lowest BCUT2D eigenvalue weighted by Crippen LogP contribution is -2.29. The normalized spacial score (nSPS) is 10.8. The van der Waals surface area contributed by atoms with Crippen LogP contribution in [0.4, 0.5) is 5.69 Å². The van der Waals surface area contributed by atoms with Crippen LogP contribution in [0.1, 0.15) is 31.0 Å². The lowest BCUT2D eigenvalue weighted by molar-refractivity contribution is 0.108. The fourth-order valence-corrected chi connectivity index (χ4v) is 2.69. The van der Waals surface area contributed by atoms with Crippen molar-refractivity contribution in [1.82, 2.24) is 19.7 Å². The van der Waals surface area contributed by atoms with E-state index in [1.165, 1.54) is 17.1 Å². The van der Waals surface area contributed by atoms with Crippen LogP contribution < -0.4 is 20.5 Å². The molecule has 0 fully saturated rings. The molecule has 0 aromatic carbocycles. The Morgan fingerprint density at radius 1 is 1.22 bits per heavy atom. The number of anilines is 1. The number of hydrogen-bond donors (Lipinski definition) is 1. The molecular weight excluding hydrogens is 346 g/mol. The molecular formula is C19H23N5O3. The summed E-state index contributed by atoms with van der Waals surface area (Å²) in [6, 6.07) is 5.23. The predicted octanol–water partition coefficient (Wildman–Crippen LogP) is 2.34. The number of aromatic nitrogens is 4.